The molecule has 0 bridgehead atoms. The van der Waals surface area contributed by atoms with Crippen LogP contribution in [0.15, 0.2) is 36.7 Å². The van der Waals surface area contributed by atoms with E-state index < -0.39 is 0 Å². The minimum atomic E-state index is -0.194. The van der Waals surface area contributed by atoms with Crippen LogP contribution in [-0.4, -0.2) is 78.2 Å². The number of nitrogens with one attached hydrogen (secondary N) is 1. The quantitative estimate of drug-likeness (QED) is 0.606. The van der Waals surface area contributed by atoms with Gasteiger partial charge in [0.15, 0.2) is 17.3 Å². The van der Waals surface area contributed by atoms with Crippen LogP contribution in [0.2, 0.25) is 0 Å². The number of benzene rings is 1. The van der Waals surface area contributed by atoms with Crippen molar-refractivity contribution in [2.24, 2.45) is 0 Å². The largest absolute Gasteiger partial charge is 0.493 e. The molecule has 3 aromatic rings. The lowest BCUT2D eigenvalue weighted by atomic mass is 10.2. The van der Waals surface area contributed by atoms with Crippen LogP contribution in [0.4, 0.5) is 16.3 Å². The molecular formula is C22H27N7O4. The van der Waals surface area contributed by atoms with Gasteiger partial charge in [-0.2, -0.15) is 5.10 Å². The Morgan fingerprint density at radius 3 is 2.18 bits per heavy atom. The Hall–Kier alpha value is -4.02. The highest BCUT2D eigenvalue weighted by atomic mass is 16.5. The van der Waals surface area contributed by atoms with Gasteiger partial charge in [-0.1, -0.05) is 0 Å². The predicted molar refractivity (Wildman–Crippen MR) is 123 cm³/mol. The highest BCUT2D eigenvalue weighted by Gasteiger charge is 2.24. The van der Waals surface area contributed by atoms with E-state index in [4.69, 9.17) is 14.2 Å². The fourth-order valence-corrected chi connectivity index (χ4v) is 3.71. The molecule has 0 saturated carbocycles. The first-order valence-corrected chi connectivity index (χ1v) is 10.5. The fraction of sp³-hybridized carbons (Fsp3) is 0.364. The molecule has 0 spiro atoms. The standard InChI is InChI=1S/C22H27N7O4/c1-15-24-19(14-20(25-15)29-7-5-6-23-29)27-8-10-28(11-9-27)22(30)26-16-12-17(31-2)21(33-4)18(13-16)32-3/h5-7,12-14H,8-11H2,1-4H3,(H,26,30). The number of rotatable bonds is 6. The number of urea groups is 1. The van der Waals surface area contributed by atoms with Crippen molar-refractivity contribution >= 4 is 17.5 Å². The third-order valence-electron chi connectivity index (χ3n) is 5.36. The van der Waals surface area contributed by atoms with Crippen LogP contribution in [0.1, 0.15) is 5.82 Å². The van der Waals surface area contributed by atoms with Gasteiger partial charge < -0.3 is 29.3 Å². The van der Waals surface area contributed by atoms with E-state index in [1.165, 1.54) is 21.3 Å². The van der Waals surface area contributed by atoms with Gasteiger partial charge in [0, 0.05) is 56.8 Å². The van der Waals surface area contributed by atoms with Crippen LogP contribution in [-0.2, 0) is 0 Å². The normalized spacial score (nSPS) is 13.6. The van der Waals surface area contributed by atoms with Gasteiger partial charge in [0.05, 0.1) is 27.0 Å². The van der Waals surface area contributed by atoms with E-state index in [1.54, 1.807) is 27.9 Å². The molecule has 1 aliphatic heterocycles. The number of aryl methyl sites for hydroxylation is 1. The van der Waals surface area contributed by atoms with Crippen LogP contribution >= 0.6 is 0 Å². The Kier molecular flexibility index (Phi) is 6.48. The van der Waals surface area contributed by atoms with Crippen LogP contribution < -0.4 is 24.4 Å². The summed E-state index contributed by atoms with van der Waals surface area (Å²) in [5, 5.41) is 7.16. The zero-order valence-electron chi connectivity index (χ0n) is 19.1. The molecule has 1 saturated heterocycles. The van der Waals surface area contributed by atoms with Gasteiger partial charge in [-0.15, -0.1) is 0 Å². The van der Waals surface area contributed by atoms with Gasteiger partial charge in [0.25, 0.3) is 0 Å². The summed E-state index contributed by atoms with van der Waals surface area (Å²) in [7, 11) is 4.61. The maximum atomic E-state index is 12.9. The van der Waals surface area contributed by atoms with Crippen LogP contribution in [0.5, 0.6) is 17.2 Å². The summed E-state index contributed by atoms with van der Waals surface area (Å²) in [6, 6.07) is 6.97. The monoisotopic (exact) mass is 453 g/mol. The predicted octanol–water partition coefficient (Wildman–Crippen LogP) is 2.35. The third kappa shape index (κ3) is 4.76. The van der Waals surface area contributed by atoms with E-state index >= 15 is 0 Å². The van der Waals surface area contributed by atoms with Crippen molar-refractivity contribution in [2.45, 2.75) is 6.92 Å². The number of nitrogens with zero attached hydrogens (tertiary/aromatic N) is 6. The number of hydrogen-bond donors (Lipinski definition) is 1. The first-order valence-electron chi connectivity index (χ1n) is 10.5. The molecule has 11 nitrogen and oxygen atoms in total. The summed E-state index contributed by atoms with van der Waals surface area (Å²) >= 11 is 0. The van der Waals surface area contributed by atoms with Crippen molar-refractivity contribution < 1.29 is 19.0 Å². The molecule has 174 valence electrons. The molecule has 0 unspecified atom stereocenters. The molecule has 33 heavy (non-hydrogen) atoms. The van der Waals surface area contributed by atoms with E-state index in [2.05, 4.69) is 25.3 Å². The first kappa shape index (κ1) is 22.2. The fourth-order valence-electron chi connectivity index (χ4n) is 3.71. The Morgan fingerprint density at radius 2 is 1.61 bits per heavy atom. The second-order valence-electron chi connectivity index (χ2n) is 7.40. The zero-order chi connectivity index (χ0) is 23.4. The molecule has 4 rings (SSSR count). The van der Waals surface area contributed by atoms with Gasteiger partial charge in [0.1, 0.15) is 11.6 Å². The topological polar surface area (TPSA) is 107 Å². The highest BCUT2D eigenvalue weighted by molar-refractivity contribution is 5.90. The summed E-state index contributed by atoms with van der Waals surface area (Å²) in [6.45, 7) is 4.26. The van der Waals surface area contributed by atoms with E-state index in [9.17, 15) is 4.79 Å². The van der Waals surface area contributed by atoms with E-state index in [1.807, 2.05) is 25.3 Å². The minimum Gasteiger partial charge on any atom is -0.493 e. The highest BCUT2D eigenvalue weighted by Crippen LogP contribution is 2.40. The third-order valence-corrected chi connectivity index (χ3v) is 5.36. The second-order valence-corrected chi connectivity index (χ2v) is 7.40. The molecule has 0 atom stereocenters. The summed E-state index contributed by atoms with van der Waals surface area (Å²) < 4.78 is 17.8. The smallest absolute Gasteiger partial charge is 0.321 e. The summed E-state index contributed by atoms with van der Waals surface area (Å²) in [5.41, 5.74) is 0.562. The average Bonchev–Trinajstić information content (AvgIpc) is 3.38. The Balaban J connectivity index is 1.42. The lowest BCUT2D eigenvalue weighted by molar-refractivity contribution is 0.208. The molecule has 1 aromatic carbocycles. The molecule has 3 heterocycles. The summed E-state index contributed by atoms with van der Waals surface area (Å²) in [6.07, 6.45) is 3.56. The van der Waals surface area contributed by atoms with E-state index in [-0.39, 0.29) is 6.03 Å². The molecule has 0 radical (unpaired) electrons. The Morgan fingerprint density at radius 1 is 0.939 bits per heavy atom. The minimum absolute atomic E-state index is 0.194. The number of hydrogen-bond acceptors (Lipinski definition) is 8. The van der Waals surface area contributed by atoms with Crippen LogP contribution in [0, 0.1) is 6.92 Å². The number of methoxy groups -OCH3 is 3. The average molecular weight is 454 g/mol. The lowest BCUT2D eigenvalue weighted by Crippen LogP contribution is -2.50. The van der Waals surface area contributed by atoms with Crippen molar-refractivity contribution in [1.29, 1.82) is 0 Å². The van der Waals surface area contributed by atoms with Crippen molar-refractivity contribution in [1.82, 2.24) is 24.6 Å². The SMILES string of the molecule is COc1cc(NC(=O)N2CCN(c3cc(-n4cccn4)nc(C)n3)CC2)cc(OC)c1OC. The molecule has 1 fully saturated rings. The molecule has 1 N–H and O–H groups in total. The Labute approximate surface area is 191 Å². The molecule has 2 aromatic heterocycles. The molecular weight excluding hydrogens is 426 g/mol. The molecule has 0 aliphatic carbocycles. The van der Waals surface area contributed by atoms with Crippen molar-refractivity contribution in [3.63, 3.8) is 0 Å². The van der Waals surface area contributed by atoms with Crippen molar-refractivity contribution in [2.75, 3.05) is 57.7 Å². The maximum Gasteiger partial charge on any atom is 0.321 e. The van der Waals surface area contributed by atoms with E-state index in [0.717, 1.165) is 5.82 Å². The zero-order valence-corrected chi connectivity index (χ0v) is 19.1. The summed E-state index contributed by atoms with van der Waals surface area (Å²) in [4.78, 5) is 25.8. The second kappa shape index (κ2) is 9.63. The molecule has 1 aliphatic rings. The Bertz CT molecular complexity index is 1090. The number of anilines is 2. The first-order chi connectivity index (χ1) is 16.0. The van der Waals surface area contributed by atoms with Crippen molar-refractivity contribution in [3.8, 4) is 23.1 Å². The number of carbonyl (C=O) groups is 1. The number of aromatic nitrogens is 4. The van der Waals surface area contributed by atoms with Crippen molar-refractivity contribution in [3.05, 3.63) is 42.5 Å². The maximum absolute atomic E-state index is 12.9. The van der Waals surface area contributed by atoms with Gasteiger partial charge >= 0.3 is 6.03 Å². The van der Waals surface area contributed by atoms with Crippen LogP contribution in [0.3, 0.4) is 0 Å². The number of ether oxygens (including phenoxy) is 3. The van der Waals surface area contributed by atoms with Crippen LogP contribution in [0.25, 0.3) is 5.82 Å². The van der Waals surface area contributed by atoms with Gasteiger partial charge in [-0.05, 0) is 13.0 Å². The molecule has 2 amide bonds. The molecule has 11 heteroatoms. The number of carbonyl (C=O) groups excluding carboxylic acids is 1. The van der Waals surface area contributed by atoms with Gasteiger partial charge in [-0.3, -0.25) is 0 Å². The number of amides is 2. The van der Waals surface area contributed by atoms with E-state index in [0.29, 0.717) is 60.8 Å². The van der Waals surface area contributed by atoms with Gasteiger partial charge in [0.2, 0.25) is 5.75 Å². The van der Waals surface area contributed by atoms with Gasteiger partial charge in [-0.25, -0.2) is 19.4 Å². The number of piperazine rings is 1. The lowest BCUT2D eigenvalue weighted by Gasteiger charge is -2.35. The summed E-state index contributed by atoms with van der Waals surface area (Å²) in [5.74, 6) is 3.62.